The summed E-state index contributed by atoms with van der Waals surface area (Å²) in [5.41, 5.74) is 2.61. The highest BCUT2D eigenvalue weighted by Crippen LogP contribution is 2.52. The minimum Gasteiger partial charge on any atom is -0.497 e. The molecule has 1 amide bonds. The van der Waals surface area contributed by atoms with E-state index in [0.717, 1.165) is 40.7 Å². The summed E-state index contributed by atoms with van der Waals surface area (Å²) >= 11 is 0. The van der Waals surface area contributed by atoms with Crippen molar-refractivity contribution < 1.29 is 9.53 Å². The number of carbonyl (C=O) groups excluding carboxylic acids is 1. The number of benzene rings is 2. The van der Waals surface area contributed by atoms with Crippen LogP contribution in [0.4, 0.5) is 5.69 Å². The van der Waals surface area contributed by atoms with Crippen molar-refractivity contribution >= 4 is 22.5 Å². The van der Waals surface area contributed by atoms with Gasteiger partial charge in [0.25, 0.3) is 0 Å². The number of para-hydroxylation sites is 1. The third kappa shape index (κ3) is 2.18. The Morgan fingerprint density at radius 1 is 1.17 bits per heavy atom. The molecule has 0 saturated heterocycles. The smallest absolute Gasteiger partial charge is 0.237 e. The number of likely N-dealkylation sites (N-methyl/N-ethyl adjacent to an activating group) is 1. The zero-order valence-electron chi connectivity index (χ0n) is 13.9. The van der Waals surface area contributed by atoms with Crippen LogP contribution in [0.25, 0.3) is 10.9 Å². The second-order valence-electron chi connectivity index (χ2n) is 6.40. The molecule has 1 saturated carbocycles. The number of hydrogen-bond donors (Lipinski definition) is 1. The zero-order chi connectivity index (χ0) is 16.7. The van der Waals surface area contributed by atoms with E-state index in [2.05, 4.69) is 4.98 Å². The van der Waals surface area contributed by atoms with Crippen LogP contribution in [0.15, 0.2) is 54.7 Å². The van der Waals surface area contributed by atoms with Crippen LogP contribution < -0.4 is 9.64 Å². The lowest BCUT2D eigenvalue weighted by Crippen LogP contribution is -2.36. The Labute approximate surface area is 141 Å². The molecule has 0 unspecified atom stereocenters. The fourth-order valence-electron chi connectivity index (χ4n) is 3.44. The average Bonchev–Trinajstić information content (AvgIpc) is 3.33. The first-order valence-electron chi connectivity index (χ1n) is 8.14. The van der Waals surface area contributed by atoms with Gasteiger partial charge in [-0.3, -0.25) is 4.79 Å². The number of hydrogen-bond acceptors (Lipinski definition) is 2. The molecular formula is C20H20N2O2. The van der Waals surface area contributed by atoms with Gasteiger partial charge in [-0.05, 0) is 48.7 Å². The first kappa shape index (κ1) is 14.8. The summed E-state index contributed by atoms with van der Waals surface area (Å²) in [6.07, 6.45) is 3.74. The molecule has 4 heteroatoms. The van der Waals surface area contributed by atoms with Crippen LogP contribution in [0.3, 0.4) is 0 Å². The van der Waals surface area contributed by atoms with Gasteiger partial charge in [0.05, 0.1) is 12.5 Å². The van der Waals surface area contributed by atoms with Gasteiger partial charge >= 0.3 is 0 Å². The van der Waals surface area contributed by atoms with Crippen molar-refractivity contribution in [2.45, 2.75) is 18.3 Å². The molecule has 1 aliphatic rings. The van der Waals surface area contributed by atoms with Crippen LogP contribution in [0.1, 0.15) is 18.4 Å². The number of aromatic nitrogens is 1. The van der Waals surface area contributed by atoms with Crippen molar-refractivity contribution in [1.29, 1.82) is 0 Å². The van der Waals surface area contributed by atoms with E-state index in [4.69, 9.17) is 4.74 Å². The van der Waals surface area contributed by atoms with Crippen LogP contribution in [0.2, 0.25) is 0 Å². The van der Waals surface area contributed by atoms with Gasteiger partial charge in [-0.15, -0.1) is 0 Å². The predicted molar refractivity (Wildman–Crippen MR) is 95.6 cm³/mol. The number of aromatic amines is 1. The molecule has 4 rings (SSSR count). The number of anilines is 1. The van der Waals surface area contributed by atoms with Crippen molar-refractivity contribution in [2.75, 3.05) is 19.1 Å². The quantitative estimate of drug-likeness (QED) is 0.793. The van der Waals surface area contributed by atoms with E-state index in [9.17, 15) is 4.79 Å². The van der Waals surface area contributed by atoms with Gasteiger partial charge < -0.3 is 14.6 Å². The standard InChI is InChI=1S/C20H20N2O2/c1-22(14-6-4-3-5-7-14)19(23)20(10-11-20)17-13-21-18-9-8-15(24-2)12-16(17)18/h3-9,12-13,21H,10-11H2,1-2H3. The molecule has 1 heterocycles. The third-order valence-corrected chi connectivity index (χ3v) is 5.01. The Morgan fingerprint density at radius 3 is 2.58 bits per heavy atom. The Morgan fingerprint density at radius 2 is 1.92 bits per heavy atom. The SMILES string of the molecule is COc1ccc2[nH]cc(C3(C(=O)N(C)c4ccccc4)CC3)c2c1. The Hall–Kier alpha value is -2.75. The molecule has 1 aliphatic carbocycles. The molecule has 122 valence electrons. The summed E-state index contributed by atoms with van der Waals surface area (Å²) in [4.78, 5) is 18.3. The van der Waals surface area contributed by atoms with E-state index < -0.39 is 5.41 Å². The maximum atomic E-state index is 13.2. The number of amides is 1. The molecule has 3 aromatic rings. The minimum atomic E-state index is -0.421. The number of H-pyrrole nitrogens is 1. The van der Waals surface area contributed by atoms with Crippen LogP contribution in [-0.2, 0) is 10.2 Å². The summed E-state index contributed by atoms with van der Waals surface area (Å²) in [6, 6.07) is 15.7. The fourth-order valence-corrected chi connectivity index (χ4v) is 3.44. The summed E-state index contributed by atoms with van der Waals surface area (Å²) < 4.78 is 5.35. The molecule has 24 heavy (non-hydrogen) atoms. The summed E-state index contributed by atoms with van der Waals surface area (Å²) in [5, 5.41) is 1.07. The second-order valence-corrected chi connectivity index (χ2v) is 6.40. The first-order valence-corrected chi connectivity index (χ1v) is 8.14. The predicted octanol–water partition coefficient (Wildman–Crippen LogP) is 3.87. The molecule has 1 aromatic heterocycles. The van der Waals surface area contributed by atoms with Crippen molar-refractivity contribution in [1.82, 2.24) is 4.98 Å². The van der Waals surface area contributed by atoms with E-state index in [0.29, 0.717) is 0 Å². The van der Waals surface area contributed by atoms with E-state index in [1.165, 1.54) is 0 Å². The maximum Gasteiger partial charge on any atom is 0.237 e. The Kier molecular flexibility index (Phi) is 3.34. The lowest BCUT2D eigenvalue weighted by molar-refractivity contribution is -0.120. The van der Waals surface area contributed by atoms with Gasteiger partial charge in [0.15, 0.2) is 0 Å². The van der Waals surface area contributed by atoms with E-state index in [1.807, 2.05) is 61.8 Å². The fraction of sp³-hybridized carbons (Fsp3) is 0.250. The number of carbonyl (C=O) groups is 1. The number of nitrogens with one attached hydrogen (secondary N) is 1. The van der Waals surface area contributed by atoms with Gasteiger partial charge in [0.1, 0.15) is 5.75 Å². The number of fused-ring (bicyclic) bond motifs is 1. The minimum absolute atomic E-state index is 0.150. The first-order chi connectivity index (χ1) is 11.7. The molecule has 0 atom stereocenters. The molecule has 4 nitrogen and oxygen atoms in total. The van der Waals surface area contributed by atoms with Crippen molar-refractivity contribution in [2.24, 2.45) is 0 Å². The van der Waals surface area contributed by atoms with Gasteiger partial charge in [-0.25, -0.2) is 0 Å². The highest BCUT2D eigenvalue weighted by Gasteiger charge is 2.53. The molecule has 0 spiro atoms. The van der Waals surface area contributed by atoms with Crippen molar-refractivity contribution in [3.05, 3.63) is 60.3 Å². The van der Waals surface area contributed by atoms with Crippen LogP contribution >= 0.6 is 0 Å². The van der Waals surface area contributed by atoms with Gasteiger partial charge in [0, 0.05) is 29.8 Å². The number of ether oxygens (including phenoxy) is 1. The Bertz CT molecular complexity index is 894. The summed E-state index contributed by atoms with van der Waals surface area (Å²) in [5.74, 6) is 0.959. The lowest BCUT2D eigenvalue weighted by atomic mass is 9.93. The molecule has 2 aromatic carbocycles. The Balaban J connectivity index is 1.74. The molecule has 1 fully saturated rings. The van der Waals surface area contributed by atoms with Crippen LogP contribution in [-0.4, -0.2) is 25.0 Å². The maximum absolute atomic E-state index is 13.2. The number of nitrogens with zero attached hydrogens (tertiary/aromatic N) is 1. The molecule has 1 N–H and O–H groups in total. The van der Waals surface area contributed by atoms with Crippen LogP contribution in [0, 0.1) is 0 Å². The van der Waals surface area contributed by atoms with E-state index in [-0.39, 0.29) is 5.91 Å². The summed E-state index contributed by atoms with van der Waals surface area (Å²) in [6.45, 7) is 0. The highest BCUT2D eigenvalue weighted by molar-refractivity contribution is 6.05. The largest absolute Gasteiger partial charge is 0.497 e. The van der Waals surface area contributed by atoms with Gasteiger partial charge in [-0.1, -0.05) is 18.2 Å². The second kappa shape index (κ2) is 5.41. The van der Waals surface area contributed by atoms with Crippen molar-refractivity contribution in [3.63, 3.8) is 0 Å². The molecule has 0 bridgehead atoms. The molecule has 0 radical (unpaired) electrons. The van der Waals surface area contributed by atoms with E-state index >= 15 is 0 Å². The topological polar surface area (TPSA) is 45.3 Å². The van der Waals surface area contributed by atoms with Gasteiger partial charge in [0.2, 0.25) is 5.91 Å². The lowest BCUT2D eigenvalue weighted by Gasteiger charge is -2.23. The zero-order valence-corrected chi connectivity index (χ0v) is 13.9. The molecule has 0 aliphatic heterocycles. The monoisotopic (exact) mass is 320 g/mol. The van der Waals surface area contributed by atoms with E-state index in [1.54, 1.807) is 12.0 Å². The van der Waals surface area contributed by atoms with Crippen molar-refractivity contribution in [3.8, 4) is 5.75 Å². The van der Waals surface area contributed by atoms with Gasteiger partial charge in [-0.2, -0.15) is 0 Å². The molecular weight excluding hydrogens is 300 g/mol. The summed E-state index contributed by atoms with van der Waals surface area (Å²) in [7, 11) is 3.52. The number of methoxy groups -OCH3 is 1. The average molecular weight is 320 g/mol. The number of rotatable bonds is 4. The highest BCUT2D eigenvalue weighted by atomic mass is 16.5. The normalized spacial score (nSPS) is 15.2. The van der Waals surface area contributed by atoms with Crippen LogP contribution in [0.5, 0.6) is 5.75 Å². The third-order valence-electron chi connectivity index (χ3n) is 5.01.